The molecule has 0 spiro atoms. The molecule has 1 aliphatic carbocycles. The quantitative estimate of drug-likeness (QED) is 0.789. The maximum absolute atomic E-state index is 10.7. The summed E-state index contributed by atoms with van der Waals surface area (Å²) in [6, 6.07) is 5.87. The van der Waals surface area contributed by atoms with E-state index in [-0.39, 0.29) is 0 Å². The van der Waals surface area contributed by atoms with Crippen LogP contribution in [0.15, 0.2) is 22.7 Å². The van der Waals surface area contributed by atoms with E-state index in [2.05, 4.69) is 34.8 Å². The van der Waals surface area contributed by atoms with E-state index < -0.39 is 0 Å². The van der Waals surface area contributed by atoms with E-state index in [0.717, 1.165) is 34.8 Å². The van der Waals surface area contributed by atoms with E-state index in [1.54, 1.807) is 0 Å². The molecular weight excluding hydrogens is 266 g/mol. The highest BCUT2D eigenvalue weighted by molar-refractivity contribution is 9.10. The van der Waals surface area contributed by atoms with Crippen molar-refractivity contribution in [2.45, 2.75) is 13.3 Å². The Hall–Kier alpha value is -0.830. The molecule has 0 saturated heterocycles. The molecule has 2 atom stereocenters. The van der Waals surface area contributed by atoms with E-state index in [4.69, 9.17) is 0 Å². The lowest BCUT2D eigenvalue weighted by Gasteiger charge is -2.19. The van der Waals surface area contributed by atoms with Crippen LogP contribution in [0.3, 0.4) is 0 Å². The summed E-state index contributed by atoms with van der Waals surface area (Å²) in [5, 5.41) is 0. The van der Waals surface area contributed by atoms with Crippen molar-refractivity contribution in [3.8, 4) is 0 Å². The molecule has 3 heteroatoms. The predicted octanol–water partition coefficient (Wildman–Crippen LogP) is 3.35. The van der Waals surface area contributed by atoms with E-state index in [9.17, 15) is 4.79 Å². The zero-order chi connectivity index (χ0) is 11.7. The number of halogens is 1. The molecule has 16 heavy (non-hydrogen) atoms. The highest BCUT2D eigenvalue weighted by Crippen LogP contribution is 2.38. The van der Waals surface area contributed by atoms with Crippen molar-refractivity contribution in [2.24, 2.45) is 11.8 Å². The van der Waals surface area contributed by atoms with E-state index >= 15 is 0 Å². The summed E-state index contributed by atoms with van der Waals surface area (Å²) in [6.45, 7) is 3.40. The second-order valence-electron chi connectivity index (χ2n) is 4.68. The molecule has 0 amide bonds. The zero-order valence-corrected chi connectivity index (χ0v) is 11.2. The molecule has 2 unspecified atom stereocenters. The molecule has 1 aromatic carbocycles. The lowest BCUT2D eigenvalue weighted by atomic mass is 10.2. The average molecular weight is 282 g/mol. The largest absolute Gasteiger partial charge is 0.374 e. The van der Waals surface area contributed by atoms with Crippen molar-refractivity contribution in [2.75, 3.05) is 18.5 Å². The van der Waals surface area contributed by atoms with Crippen LogP contribution in [0, 0.1) is 11.8 Å². The molecule has 86 valence electrons. The first kappa shape index (κ1) is 11.6. The highest BCUT2D eigenvalue weighted by atomic mass is 79.9. The Labute approximate surface area is 105 Å². The van der Waals surface area contributed by atoms with Crippen molar-refractivity contribution >= 4 is 27.9 Å². The number of carbonyl (C=O) groups excluding carboxylic acids is 1. The standard InChI is InChI=1S/C13H16BrNO/c1-9-5-11(9)7-15(2)12-4-3-10(8-16)13(14)6-12/h3-4,6,8-9,11H,5,7H2,1-2H3. The monoisotopic (exact) mass is 281 g/mol. The summed E-state index contributed by atoms with van der Waals surface area (Å²) in [7, 11) is 2.10. The first-order valence-electron chi connectivity index (χ1n) is 5.57. The van der Waals surface area contributed by atoms with Crippen LogP contribution in [0.1, 0.15) is 23.7 Å². The van der Waals surface area contributed by atoms with Crippen molar-refractivity contribution in [3.63, 3.8) is 0 Å². The van der Waals surface area contributed by atoms with Crippen LogP contribution in [0.25, 0.3) is 0 Å². The molecule has 2 nitrogen and oxygen atoms in total. The van der Waals surface area contributed by atoms with Crippen molar-refractivity contribution < 1.29 is 4.79 Å². The minimum Gasteiger partial charge on any atom is -0.374 e. The fourth-order valence-electron chi connectivity index (χ4n) is 1.96. The van der Waals surface area contributed by atoms with Gasteiger partial charge in [-0.05, 0) is 52.4 Å². The van der Waals surface area contributed by atoms with E-state index in [0.29, 0.717) is 5.56 Å². The number of benzene rings is 1. The lowest BCUT2D eigenvalue weighted by molar-refractivity contribution is 0.112. The third-order valence-electron chi connectivity index (χ3n) is 3.34. The minimum absolute atomic E-state index is 0.705. The second-order valence-corrected chi connectivity index (χ2v) is 5.53. The summed E-state index contributed by atoms with van der Waals surface area (Å²) in [5.41, 5.74) is 1.87. The zero-order valence-electron chi connectivity index (χ0n) is 9.61. The van der Waals surface area contributed by atoms with Crippen LogP contribution in [0.4, 0.5) is 5.69 Å². The van der Waals surface area contributed by atoms with Crippen LogP contribution in [-0.2, 0) is 0 Å². The molecule has 0 heterocycles. The van der Waals surface area contributed by atoms with Crippen LogP contribution in [0.2, 0.25) is 0 Å². The first-order valence-corrected chi connectivity index (χ1v) is 6.37. The third kappa shape index (κ3) is 2.46. The summed E-state index contributed by atoms with van der Waals surface area (Å²) >= 11 is 3.41. The number of hydrogen-bond donors (Lipinski definition) is 0. The van der Waals surface area contributed by atoms with Crippen LogP contribution in [-0.4, -0.2) is 19.9 Å². The van der Waals surface area contributed by atoms with Gasteiger partial charge in [0.15, 0.2) is 6.29 Å². The number of anilines is 1. The van der Waals surface area contributed by atoms with Crippen molar-refractivity contribution in [1.29, 1.82) is 0 Å². The van der Waals surface area contributed by atoms with Crippen LogP contribution < -0.4 is 4.90 Å². The summed E-state index contributed by atoms with van der Waals surface area (Å²) < 4.78 is 0.871. The summed E-state index contributed by atoms with van der Waals surface area (Å²) in [4.78, 5) is 13.0. The second kappa shape index (κ2) is 4.58. The number of rotatable bonds is 4. The molecule has 0 radical (unpaired) electrons. The third-order valence-corrected chi connectivity index (χ3v) is 4.02. The van der Waals surface area contributed by atoms with Gasteiger partial charge in [0, 0.05) is 29.3 Å². The van der Waals surface area contributed by atoms with Crippen molar-refractivity contribution in [3.05, 3.63) is 28.2 Å². The summed E-state index contributed by atoms with van der Waals surface area (Å²) in [6.07, 6.45) is 2.22. The SMILES string of the molecule is CC1CC1CN(C)c1ccc(C=O)c(Br)c1. The van der Waals surface area contributed by atoms with Gasteiger partial charge in [0.25, 0.3) is 0 Å². The molecule has 0 aliphatic heterocycles. The average Bonchev–Trinajstić information content (AvgIpc) is 2.94. The van der Waals surface area contributed by atoms with Crippen molar-refractivity contribution in [1.82, 2.24) is 0 Å². The number of carbonyl (C=O) groups is 1. The van der Waals surface area contributed by atoms with Gasteiger partial charge in [0.05, 0.1) is 0 Å². The molecule has 1 aromatic rings. The Morgan fingerprint density at radius 1 is 1.56 bits per heavy atom. The number of nitrogens with zero attached hydrogens (tertiary/aromatic N) is 1. The fraction of sp³-hybridized carbons (Fsp3) is 0.462. The molecule has 0 aromatic heterocycles. The fourth-order valence-corrected chi connectivity index (χ4v) is 2.42. The Bertz CT molecular complexity index is 405. The minimum atomic E-state index is 0.705. The maximum Gasteiger partial charge on any atom is 0.151 e. The van der Waals surface area contributed by atoms with Crippen LogP contribution >= 0.6 is 15.9 Å². The smallest absolute Gasteiger partial charge is 0.151 e. The van der Waals surface area contributed by atoms with Gasteiger partial charge >= 0.3 is 0 Å². The van der Waals surface area contributed by atoms with Gasteiger partial charge in [-0.3, -0.25) is 4.79 Å². The van der Waals surface area contributed by atoms with Gasteiger partial charge < -0.3 is 4.90 Å². The van der Waals surface area contributed by atoms with Gasteiger partial charge in [0.1, 0.15) is 0 Å². The van der Waals surface area contributed by atoms with Gasteiger partial charge in [-0.2, -0.15) is 0 Å². The molecule has 1 fully saturated rings. The Balaban J connectivity index is 2.08. The normalized spacial score (nSPS) is 22.9. The summed E-state index contributed by atoms with van der Waals surface area (Å²) in [5.74, 6) is 1.72. The maximum atomic E-state index is 10.7. The molecule has 2 rings (SSSR count). The Morgan fingerprint density at radius 3 is 2.75 bits per heavy atom. The van der Waals surface area contributed by atoms with E-state index in [1.165, 1.54) is 6.42 Å². The number of hydrogen-bond acceptors (Lipinski definition) is 2. The Kier molecular flexibility index (Phi) is 3.33. The van der Waals surface area contributed by atoms with E-state index in [1.807, 2.05) is 18.2 Å². The first-order chi connectivity index (χ1) is 7.61. The van der Waals surface area contributed by atoms with Gasteiger partial charge in [-0.25, -0.2) is 0 Å². The Morgan fingerprint density at radius 2 is 2.25 bits per heavy atom. The molecule has 0 N–H and O–H groups in total. The topological polar surface area (TPSA) is 20.3 Å². The lowest BCUT2D eigenvalue weighted by Crippen LogP contribution is -2.20. The van der Waals surface area contributed by atoms with Gasteiger partial charge in [-0.1, -0.05) is 6.92 Å². The molecular formula is C13H16BrNO. The number of aldehydes is 1. The molecule has 0 bridgehead atoms. The molecule has 1 saturated carbocycles. The highest BCUT2D eigenvalue weighted by Gasteiger charge is 2.33. The van der Waals surface area contributed by atoms with Gasteiger partial charge in [-0.15, -0.1) is 0 Å². The predicted molar refractivity (Wildman–Crippen MR) is 70.1 cm³/mol. The molecule has 1 aliphatic rings. The van der Waals surface area contributed by atoms with Gasteiger partial charge in [0.2, 0.25) is 0 Å². The van der Waals surface area contributed by atoms with Crippen LogP contribution in [0.5, 0.6) is 0 Å².